The summed E-state index contributed by atoms with van der Waals surface area (Å²) in [7, 11) is -1.80. The van der Waals surface area contributed by atoms with Gasteiger partial charge in [0, 0.05) is 19.6 Å². The van der Waals surface area contributed by atoms with Crippen LogP contribution >= 0.6 is 0 Å². The Bertz CT molecular complexity index is 462. The first kappa shape index (κ1) is 12.5. The second-order valence-corrected chi connectivity index (χ2v) is 5.99. The van der Waals surface area contributed by atoms with Gasteiger partial charge in [0.1, 0.15) is 0 Å². The first-order valence-corrected chi connectivity index (χ1v) is 7.29. The van der Waals surface area contributed by atoms with Crippen LogP contribution in [0.15, 0.2) is 17.3 Å². The van der Waals surface area contributed by atoms with Crippen LogP contribution in [0.25, 0.3) is 0 Å². The van der Waals surface area contributed by atoms with Gasteiger partial charge in [0.2, 0.25) is 0 Å². The normalized spacial score (nSPS) is 20.9. The molecule has 0 bridgehead atoms. The van der Waals surface area contributed by atoms with E-state index in [9.17, 15) is 8.42 Å². The van der Waals surface area contributed by atoms with Crippen LogP contribution in [0.5, 0.6) is 0 Å². The van der Waals surface area contributed by atoms with Crippen molar-refractivity contribution in [1.82, 2.24) is 19.8 Å². The van der Waals surface area contributed by atoms with Crippen molar-refractivity contribution in [1.29, 1.82) is 0 Å². The molecule has 0 unspecified atom stereocenters. The maximum Gasteiger partial charge on any atom is 0.257 e. The Morgan fingerprint density at radius 1 is 1.65 bits per heavy atom. The summed E-state index contributed by atoms with van der Waals surface area (Å²) in [5.74, 6) is 0. The minimum Gasteiger partial charge on any atom is -0.314 e. The fourth-order valence-electron chi connectivity index (χ4n) is 2.07. The molecule has 2 N–H and O–H groups in total. The first-order valence-electron chi connectivity index (χ1n) is 5.80. The van der Waals surface area contributed by atoms with E-state index in [2.05, 4.69) is 15.1 Å². The third kappa shape index (κ3) is 3.05. The molecule has 7 heteroatoms. The number of nitrogens with zero attached hydrogens (tertiary/aromatic N) is 2. The van der Waals surface area contributed by atoms with Crippen LogP contribution in [0, 0.1) is 0 Å². The zero-order valence-corrected chi connectivity index (χ0v) is 10.7. The molecule has 6 nitrogen and oxygen atoms in total. The van der Waals surface area contributed by atoms with Crippen LogP contribution in [-0.2, 0) is 17.1 Å². The third-order valence-corrected chi connectivity index (χ3v) is 4.53. The smallest absolute Gasteiger partial charge is 0.257 e. The minimum absolute atomic E-state index is 0.205. The average Bonchev–Trinajstić information content (AvgIpc) is 2.88. The molecule has 1 fully saturated rings. The van der Waals surface area contributed by atoms with Gasteiger partial charge in [-0.2, -0.15) is 5.10 Å². The lowest BCUT2D eigenvalue weighted by Gasteiger charge is -2.11. The molecule has 0 radical (unpaired) electrons. The number of sulfonamides is 1. The van der Waals surface area contributed by atoms with Gasteiger partial charge in [0.05, 0.1) is 6.20 Å². The molecule has 1 aromatic heterocycles. The second kappa shape index (κ2) is 5.16. The van der Waals surface area contributed by atoms with Crippen molar-refractivity contribution in [2.45, 2.75) is 30.3 Å². The SMILES string of the molecule is Cn1nccc1S(=O)(=O)NCC[C@@H]1CCCN1. The van der Waals surface area contributed by atoms with Crippen molar-refractivity contribution in [3.05, 3.63) is 12.3 Å². The summed E-state index contributed by atoms with van der Waals surface area (Å²) in [5.41, 5.74) is 0. The second-order valence-electron chi connectivity index (χ2n) is 4.27. The Morgan fingerprint density at radius 2 is 2.47 bits per heavy atom. The Morgan fingerprint density at radius 3 is 3.06 bits per heavy atom. The maximum absolute atomic E-state index is 11.9. The number of hydrogen-bond acceptors (Lipinski definition) is 4. The molecule has 1 aromatic rings. The predicted molar refractivity (Wildman–Crippen MR) is 64.0 cm³/mol. The number of aromatic nitrogens is 2. The summed E-state index contributed by atoms with van der Waals surface area (Å²) in [6.45, 7) is 1.50. The predicted octanol–water partition coefficient (Wildman–Crippen LogP) is -0.159. The van der Waals surface area contributed by atoms with E-state index in [1.54, 1.807) is 7.05 Å². The zero-order chi connectivity index (χ0) is 12.3. The van der Waals surface area contributed by atoms with E-state index in [0.29, 0.717) is 12.6 Å². The molecule has 2 rings (SSSR count). The van der Waals surface area contributed by atoms with E-state index in [1.807, 2.05) is 0 Å². The van der Waals surface area contributed by atoms with Crippen molar-refractivity contribution in [2.75, 3.05) is 13.1 Å². The Hall–Kier alpha value is -0.920. The van der Waals surface area contributed by atoms with Crippen molar-refractivity contribution in [3.8, 4) is 0 Å². The standard InChI is InChI=1S/C10H18N4O2S/c1-14-10(5-7-12-14)17(15,16)13-8-4-9-3-2-6-11-9/h5,7,9,11,13H,2-4,6,8H2,1H3/t9-/m0/s1. The van der Waals surface area contributed by atoms with Crippen LogP contribution in [0.2, 0.25) is 0 Å². The van der Waals surface area contributed by atoms with Crippen molar-refractivity contribution < 1.29 is 8.42 Å². The Balaban J connectivity index is 1.87. The monoisotopic (exact) mass is 258 g/mol. The van der Waals surface area contributed by atoms with E-state index in [4.69, 9.17) is 0 Å². The lowest BCUT2D eigenvalue weighted by Crippen LogP contribution is -2.31. The highest BCUT2D eigenvalue weighted by atomic mass is 32.2. The molecule has 0 aliphatic carbocycles. The summed E-state index contributed by atoms with van der Waals surface area (Å²) >= 11 is 0. The van der Waals surface area contributed by atoms with Crippen LogP contribution in [0.4, 0.5) is 0 Å². The quantitative estimate of drug-likeness (QED) is 0.769. The van der Waals surface area contributed by atoms with Gasteiger partial charge in [-0.25, -0.2) is 13.1 Å². The molecule has 1 aliphatic rings. The molecular weight excluding hydrogens is 240 g/mol. The van der Waals surface area contributed by atoms with Gasteiger partial charge < -0.3 is 5.32 Å². The fraction of sp³-hybridized carbons (Fsp3) is 0.700. The number of hydrogen-bond donors (Lipinski definition) is 2. The summed E-state index contributed by atoms with van der Waals surface area (Å²) < 4.78 is 27.7. The van der Waals surface area contributed by atoms with Crippen LogP contribution in [0.1, 0.15) is 19.3 Å². The van der Waals surface area contributed by atoms with Gasteiger partial charge in [-0.1, -0.05) is 0 Å². The minimum atomic E-state index is -3.42. The van der Waals surface area contributed by atoms with Crippen molar-refractivity contribution in [2.24, 2.45) is 7.05 Å². The highest BCUT2D eigenvalue weighted by Crippen LogP contribution is 2.09. The number of nitrogens with one attached hydrogen (secondary N) is 2. The zero-order valence-electron chi connectivity index (χ0n) is 9.89. The fourth-order valence-corrected chi connectivity index (χ4v) is 3.24. The number of aryl methyl sites for hydroxylation is 1. The molecule has 0 saturated carbocycles. The topological polar surface area (TPSA) is 76.0 Å². The van der Waals surface area contributed by atoms with Crippen LogP contribution in [-0.4, -0.2) is 37.3 Å². The molecule has 1 atom stereocenters. The van der Waals surface area contributed by atoms with Gasteiger partial charge in [-0.3, -0.25) is 4.68 Å². The average molecular weight is 258 g/mol. The Labute approximate surface area is 101 Å². The van der Waals surface area contributed by atoms with Crippen molar-refractivity contribution >= 4 is 10.0 Å². The first-order chi connectivity index (χ1) is 8.09. The van der Waals surface area contributed by atoms with Crippen LogP contribution in [0.3, 0.4) is 0 Å². The van der Waals surface area contributed by atoms with E-state index in [1.165, 1.54) is 23.4 Å². The highest BCUT2D eigenvalue weighted by molar-refractivity contribution is 7.89. The van der Waals surface area contributed by atoms with E-state index in [0.717, 1.165) is 19.4 Å². The van der Waals surface area contributed by atoms with Gasteiger partial charge in [0.15, 0.2) is 5.03 Å². The largest absolute Gasteiger partial charge is 0.314 e. The molecule has 0 spiro atoms. The third-order valence-electron chi connectivity index (χ3n) is 3.00. The maximum atomic E-state index is 11.9. The lowest BCUT2D eigenvalue weighted by atomic mass is 10.2. The van der Waals surface area contributed by atoms with E-state index in [-0.39, 0.29) is 5.03 Å². The van der Waals surface area contributed by atoms with Crippen molar-refractivity contribution in [3.63, 3.8) is 0 Å². The van der Waals surface area contributed by atoms with Gasteiger partial charge in [-0.05, 0) is 31.9 Å². The summed E-state index contributed by atoms with van der Waals surface area (Å²) in [6, 6.07) is 1.94. The van der Waals surface area contributed by atoms with E-state index >= 15 is 0 Å². The molecule has 0 amide bonds. The van der Waals surface area contributed by atoms with Gasteiger partial charge in [0.25, 0.3) is 10.0 Å². The van der Waals surface area contributed by atoms with Gasteiger partial charge >= 0.3 is 0 Å². The summed E-state index contributed by atoms with van der Waals surface area (Å²) in [5, 5.41) is 7.40. The molecule has 1 aliphatic heterocycles. The Kier molecular flexibility index (Phi) is 3.80. The molecule has 96 valence electrons. The molecule has 2 heterocycles. The lowest BCUT2D eigenvalue weighted by molar-refractivity contribution is 0.533. The summed E-state index contributed by atoms with van der Waals surface area (Å²) in [6.07, 6.45) is 4.62. The molecule has 17 heavy (non-hydrogen) atoms. The van der Waals surface area contributed by atoms with Gasteiger partial charge in [-0.15, -0.1) is 0 Å². The molecule has 1 saturated heterocycles. The van der Waals surface area contributed by atoms with E-state index < -0.39 is 10.0 Å². The number of rotatable bonds is 5. The highest BCUT2D eigenvalue weighted by Gasteiger charge is 2.19. The summed E-state index contributed by atoms with van der Waals surface area (Å²) in [4.78, 5) is 0. The molecule has 0 aromatic carbocycles. The van der Waals surface area contributed by atoms with Crippen LogP contribution < -0.4 is 10.0 Å². The molecular formula is C10H18N4O2S.